The number of benzene rings is 3. The molecule has 33 heavy (non-hydrogen) atoms. The van der Waals surface area contributed by atoms with Crippen LogP contribution in [0.25, 0.3) is 0 Å². The van der Waals surface area contributed by atoms with Gasteiger partial charge in [-0.05, 0) is 48.0 Å². The second-order valence-corrected chi connectivity index (χ2v) is 10.6. The summed E-state index contributed by atoms with van der Waals surface area (Å²) in [5.41, 5.74) is 1.74. The molecule has 1 fully saturated rings. The van der Waals surface area contributed by atoms with Gasteiger partial charge in [-0.15, -0.1) is 0 Å². The molecular weight excluding hydrogens is 505 g/mol. The molecule has 1 aliphatic rings. The van der Waals surface area contributed by atoms with E-state index in [0.717, 1.165) is 5.69 Å². The molecule has 0 saturated carbocycles. The Hall–Kier alpha value is -2.45. The zero-order chi connectivity index (χ0) is 23.8. The molecule has 1 atom stereocenters. The monoisotopic (exact) mass is 523 g/mol. The molecule has 1 heterocycles. The van der Waals surface area contributed by atoms with Crippen molar-refractivity contribution in [2.45, 2.75) is 18.4 Å². The maximum Gasteiger partial charge on any atom is 0.261 e. The van der Waals surface area contributed by atoms with E-state index in [1.165, 1.54) is 24.3 Å². The van der Waals surface area contributed by atoms with Crippen molar-refractivity contribution in [2.75, 3.05) is 16.3 Å². The number of carbonyl (C=O) groups is 1. The van der Waals surface area contributed by atoms with E-state index in [1.807, 2.05) is 42.3 Å². The topological polar surface area (TPSA) is 69.7 Å². The Kier molecular flexibility index (Phi) is 6.77. The van der Waals surface area contributed by atoms with E-state index in [-0.39, 0.29) is 39.0 Å². The third-order valence-corrected chi connectivity index (χ3v) is 7.64. The second-order valence-electron chi connectivity index (χ2n) is 7.70. The molecule has 0 aliphatic carbocycles. The van der Waals surface area contributed by atoms with Gasteiger partial charge in [-0.3, -0.25) is 14.5 Å². The molecule has 1 aliphatic heterocycles. The van der Waals surface area contributed by atoms with Crippen LogP contribution in [0.15, 0.2) is 71.6 Å². The summed E-state index contributed by atoms with van der Waals surface area (Å²) >= 11 is 18.1. The van der Waals surface area contributed by atoms with Gasteiger partial charge in [0.2, 0.25) is 5.91 Å². The van der Waals surface area contributed by atoms with Crippen LogP contribution in [0, 0.1) is 5.92 Å². The van der Waals surface area contributed by atoms with Gasteiger partial charge >= 0.3 is 0 Å². The SMILES string of the molecule is C[C@H]1CN(c2ccccc2)N(Cc2ccc(Cl)cc2NS(=O)(=O)c2ccc(Cl)c(Cl)c2)C1=O. The van der Waals surface area contributed by atoms with Crippen LogP contribution in [0.2, 0.25) is 15.1 Å². The summed E-state index contributed by atoms with van der Waals surface area (Å²) in [7, 11) is -3.98. The Bertz CT molecular complexity index is 1300. The highest BCUT2D eigenvalue weighted by atomic mass is 35.5. The predicted octanol–water partition coefficient (Wildman–Crippen LogP) is 5.85. The molecule has 1 amide bonds. The molecule has 172 valence electrons. The normalized spacial score (nSPS) is 16.4. The lowest BCUT2D eigenvalue weighted by Gasteiger charge is -2.30. The van der Waals surface area contributed by atoms with E-state index < -0.39 is 10.0 Å². The minimum absolute atomic E-state index is 0.0420. The summed E-state index contributed by atoms with van der Waals surface area (Å²) in [6, 6.07) is 18.5. The van der Waals surface area contributed by atoms with Gasteiger partial charge in [0.25, 0.3) is 10.0 Å². The van der Waals surface area contributed by atoms with Crippen LogP contribution >= 0.6 is 34.8 Å². The highest BCUT2D eigenvalue weighted by Crippen LogP contribution is 2.32. The van der Waals surface area contributed by atoms with Crippen LogP contribution in [0.1, 0.15) is 12.5 Å². The number of amides is 1. The van der Waals surface area contributed by atoms with Crippen molar-refractivity contribution in [3.05, 3.63) is 87.4 Å². The average molecular weight is 525 g/mol. The molecule has 0 unspecified atom stereocenters. The van der Waals surface area contributed by atoms with Crippen LogP contribution in [-0.2, 0) is 21.4 Å². The minimum atomic E-state index is -3.98. The highest BCUT2D eigenvalue weighted by Gasteiger charge is 2.36. The first-order valence-corrected chi connectivity index (χ1v) is 12.7. The van der Waals surface area contributed by atoms with Gasteiger partial charge in [-0.2, -0.15) is 0 Å². The van der Waals surface area contributed by atoms with Gasteiger partial charge in [-0.25, -0.2) is 13.4 Å². The van der Waals surface area contributed by atoms with E-state index in [1.54, 1.807) is 17.1 Å². The molecule has 3 aromatic rings. The molecule has 1 saturated heterocycles. The fourth-order valence-electron chi connectivity index (χ4n) is 3.61. The summed E-state index contributed by atoms with van der Waals surface area (Å²) < 4.78 is 28.6. The van der Waals surface area contributed by atoms with Crippen molar-refractivity contribution >= 4 is 62.1 Å². The zero-order valence-corrected chi connectivity index (χ0v) is 20.6. The number of rotatable bonds is 6. The molecule has 1 N–H and O–H groups in total. The van der Waals surface area contributed by atoms with Gasteiger partial charge in [0.1, 0.15) is 0 Å². The molecule has 4 rings (SSSR count). The Morgan fingerprint density at radius 1 is 0.970 bits per heavy atom. The summed E-state index contributed by atoms with van der Waals surface area (Å²) in [5.74, 6) is -0.249. The molecule has 0 spiro atoms. The number of anilines is 2. The quantitative estimate of drug-likeness (QED) is 0.439. The Labute approximate surface area is 207 Å². The third kappa shape index (κ3) is 5.06. The molecular formula is C23H20Cl3N3O3S. The third-order valence-electron chi connectivity index (χ3n) is 5.31. The van der Waals surface area contributed by atoms with Crippen molar-refractivity contribution in [3.8, 4) is 0 Å². The van der Waals surface area contributed by atoms with E-state index in [2.05, 4.69) is 4.72 Å². The van der Waals surface area contributed by atoms with Crippen molar-refractivity contribution < 1.29 is 13.2 Å². The van der Waals surface area contributed by atoms with E-state index in [4.69, 9.17) is 34.8 Å². The summed E-state index contributed by atoms with van der Waals surface area (Å²) in [4.78, 5) is 12.9. The van der Waals surface area contributed by atoms with Gasteiger partial charge in [0, 0.05) is 5.02 Å². The summed E-state index contributed by atoms with van der Waals surface area (Å²) in [6.45, 7) is 2.56. The maximum absolute atomic E-state index is 13.0. The second kappa shape index (κ2) is 9.43. The van der Waals surface area contributed by atoms with Gasteiger partial charge in [0.15, 0.2) is 0 Å². The van der Waals surface area contributed by atoms with Crippen LogP contribution in [0.4, 0.5) is 11.4 Å². The highest BCUT2D eigenvalue weighted by molar-refractivity contribution is 7.92. The smallest absolute Gasteiger partial charge is 0.261 e. The van der Waals surface area contributed by atoms with Crippen LogP contribution in [0.5, 0.6) is 0 Å². The number of hydrogen-bond acceptors (Lipinski definition) is 4. The van der Waals surface area contributed by atoms with Crippen molar-refractivity contribution in [2.24, 2.45) is 5.92 Å². The van der Waals surface area contributed by atoms with Crippen molar-refractivity contribution in [3.63, 3.8) is 0 Å². The van der Waals surface area contributed by atoms with Crippen LogP contribution in [0.3, 0.4) is 0 Å². The molecule has 3 aromatic carbocycles. The largest absolute Gasteiger partial charge is 0.282 e. The fourth-order valence-corrected chi connectivity index (χ4v) is 5.26. The van der Waals surface area contributed by atoms with Crippen LogP contribution in [-0.4, -0.2) is 25.9 Å². The number of nitrogens with zero attached hydrogens (tertiary/aromatic N) is 2. The first-order chi connectivity index (χ1) is 15.7. The maximum atomic E-state index is 13.0. The number of carbonyl (C=O) groups excluding carboxylic acids is 1. The lowest BCUT2D eigenvalue weighted by Crippen LogP contribution is -2.38. The van der Waals surface area contributed by atoms with Gasteiger partial charge in [-0.1, -0.05) is 66.0 Å². The van der Waals surface area contributed by atoms with Crippen molar-refractivity contribution in [1.82, 2.24) is 5.01 Å². The number of halogens is 3. The molecule has 0 aromatic heterocycles. The van der Waals surface area contributed by atoms with Crippen molar-refractivity contribution in [1.29, 1.82) is 0 Å². The standard InChI is InChI=1S/C23H20Cl3N3O3S/c1-15-13-28(18-5-3-2-4-6-18)29(23(15)30)14-16-7-8-17(24)11-22(16)27-33(31,32)19-9-10-20(25)21(26)12-19/h2-12,15,27H,13-14H2,1H3/t15-/m0/s1. The van der Waals surface area contributed by atoms with Crippen LogP contribution < -0.4 is 9.73 Å². The summed E-state index contributed by atoms with van der Waals surface area (Å²) in [6.07, 6.45) is 0. The van der Waals surface area contributed by atoms with E-state index >= 15 is 0 Å². The molecule has 0 radical (unpaired) electrons. The number of nitrogens with one attached hydrogen (secondary N) is 1. The fraction of sp³-hybridized carbons (Fsp3) is 0.174. The predicted molar refractivity (Wildman–Crippen MR) is 132 cm³/mol. The number of hydrogen-bond donors (Lipinski definition) is 1. The Morgan fingerprint density at radius 3 is 2.39 bits per heavy atom. The minimum Gasteiger partial charge on any atom is -0.282 e. The van der Waals surface area contributed by atoms with E-state index in [9.17, 15) is 13.2 Å². The lowest BCUT2D eigenvalue weighted by atomic mass is 10.1. The van der Waals surface area contributed by atoms with E-state index in [0.29, 0.717) is 17.1 Å². The molecule has 6 nitrogen and oxygen atoms in total. The number of hydrazine groups is 1. The number of sulfonamides is 1. The lowest BCUT2D eigenvalue weighted by molar-refractivity contribution is -0.131. The average Bonchev–Trinajstić information content (AvgIpc) is 3.06. The van der Waals surface area contributed by atoms with Gasteiger partial charge < -0.3 is 0 Å². The number of para-hydroxylation sites is 1. The van der Waals surface area contributed by atoms with Gasteiger partial charge in [0.05, 0.1) is 45.3 Å². The first kappa shape index (κ1) is 23.7. The summed E-state index contributed by atoms with van der Waals surface area (Å²) in [5, 5.41) is 4.26. The Morgan fingerprint density at radius 2 is 1.70 bits per heavy atom. The zero-order valence-electron chi connectivity index (χ0n) is 17.5. The molecule has 0 bridgehead atoms. The first-order valence-electron chi connectivity index (χ1n) is 10.1. The Balaban J connectivity index is 1.67. The molecule has 10 heteroatoms.